The lowest BCUT2D eigenvalue weighted by atomic mass is 10.1. The minimum atomic E-state index is -4.84. The number of nitrogens with zero attached hydrogens (tertiary/aromatic N) is 2. The number of hydrogen-bond acceptors (Lipinski definition) is 6. The molecule has 0 saturated carbocycles. The van der Waals surface area contributed by atoms with Gasteiger partial charge in [0.2, 0.25) is 0 Å². The number of amides is 3. The van der Waals surface area contributed by atoms with E-state index in [0.29, 0.717) is 11.5 Å². The van der Waals surface area contributed by atoms with Crippen molar-refractivity contribution in [2.75, 3.05) is 11.9 Å². The van der Waals surface area contributed by atoms with Crippen LogP contribution in [0, 0.1) is 19.7 Å². The first-order valence-electron chi connectivity index (χ1n) is 9.98. The molecule has 1 aromatic heterocycles. The first-order valence-corrected chi connectivity index (χ1v) is 9.98. The van der Waals surface area contributed by atoms with Crippen LogP contribution in [0.15, 0.2) is 58.2 Å². The number of benzene rings is 2. The van der Waals surface area contributed by atoms with Gasteiger partial charge in [0.15, 0.2) is 0 Å². The molecule has 0 unspecified atom stereocenters. The van der Waals surface area contributed by atoms with Crippen molar-refractivity contribution in [3.63, 3.8) is 0 Å². The Balaban J connectivity index is 1.69. The number of urea groups is 1. The minimum Gasteiger partial charge on any atom is -0.406 e. The molecular weight excluding hydrogens is 474 g/mol. The third kappa shape index (κ3) is 7.28. The van der Waals surface area contributed by atoms with Gasteiger partial charge in [0.25, 0.3) is 5.91 Å². The Bertz CT molecular complexity index is 1220. The molecule has 35 heavy (non-hydrogen) atoms. The zero-order valence-electron chi connectivity index (χ0n) is 18.4. The molecule has 3 N–H and O–H groups in total. The Hall–Kier alpha value is -4.42. The van der Waals surface area contributed by atoms with Crippen molar-refractivity contribution >= 4 is 23.3 Å². The maximum atomic E-state index is 13.7. The molecule has 0 atom stereocenters. The normalized spacial score (nSPS) is 11.7. The number of carbonyl (C=O) groups is 2. The zero-order valence-corrected chi connectivity index (χ0v) is 18.4. The summed E-state index contributed by atoms with van der Waals surface area (Å²) in [6, 6.07) is 8.95. The summed E-state index contributed by atoms with van der Waals surface area (Å²) in [6.45, 7) is 2.99. The highest BCUT2D eigenvalue weighted by Gasteiger charge is 2.31. The molecular formula is C22H19F4N5O4. The van der Waals surface area contributed by atoms with Crippen LogP contribution in [-0.2, 0) is 0 Å². The highest BCUT2D eigenvalue weighted by atomic mass is 19.4. The number of aromatic nitrogens is 1. The average Bonchev–Trinajstić information content (AvgIpc) is 3.12. The van der Waals surface area contributed by atoms with Crippen molar-refractivity contribution in [1.29, 1.82) is 0 Å². The van der Waals surface area contributed by atoms with Crippen molar-refractivity contribution in [2.45, 2.75) is 20.2 Å². The number of alkyl halides is 3. The van der Waals surface area contributed by atoms with E-state index in [9.17, 15) is 27.2 Å². The second kappa shape index (κ2) is 10.7. The molecule has 2 aromatic carbocycles. The van der Waals surface area contributed by atoms with Crippen LogP contribution in [0.2, 0.25) is 0 Å². The Morgan fingerprint density at radius 2 is 1.83 bits per heavy atom. The number of nitrogens with one attached hydrogen (secondary N) is 3. The molecule has 0 aliphatic heterocycles. The van der Waals surface area contributed by atoms with Gasteiger partial charge in [-0.05, 0) is 50.2 Å². The first-order chi connectivity index (χ1) is 16.5. The average molecular weight is 493 g/mol. The third-order valence-electron chi connectivity index (χ3n) is 4.47. The van der Waals surface area contributed by atoms with Gasteiger partial charge in [-0.25, -0.2) is 14.6 Å². The Labute approximate surface area is 196 Å². The lowest BCUT2D eigenvalue weighted by molar-refractivity contribution is -0.274. The fourth-order valence-electron chi connectivity index (χ4n) is 2.95. The van der Waals surface area contributed by atoms with E-state index < -0.39 is 29.9 Å². The standard InChI is InChI=1S/C22H19F4N5O4/c1-12-19(13(2)35-31-12)20(32)27-11-18(14-4-3-5-15(23)10-14)29-30-21(33)28-16-6-8-17(9-7-16)34-22(24,25)26/h3-10H,11H2,1-2H3,(H,27,32)(H2,28,30,33)/b29-18-. The van der Waals surface area contributed by atoms with Crippen LogP contribution in [0.5, 0.6) is 5.75 Å². The van der Waals surface area contributed by atoms with E-state index in [1.807, 2.05) is 0 Å². The maximum Gasteiger partial charge on any atom is 0.573 e. The van der Waals surface area contributed by atoms with Crippen molar-refractivity contribution < 1.29 is 36.4 Å². The fraction of sp³-hybridized carbons (Fsp3) is 0.182. The van der Waals surface area contributed by atoms with Gasteiger partial charge in [0.1, 0.15) is 22.9 Å². The second-order valence-electron chi connectivity index (χ2n) is 7.09. The Morgan fingerprint density at radius 3 is 2.43 bits per heavy atom. The molecule has 3 aromatic rings. The molecule has 0 aliphatic rings. The van der Waals surface area contributed by atoms with Crippen molar-refractivity contribution in [2.24, 2.45) is 5.10 Å². The van der Waals surface area contributed by atoms with Crippen molar-refractivity contribution in [3.05, 3.63) is 76.9 Å². The number of carbonyl (C=O) groups excluding carboxylic acids is 2. The van der Waals surface area contributed by atoms with Gasteiger partial charge in [-0.1, -0.05) is 17.3 Å². The number of aryl methyl sites for hydroxylation is 2. The van der Waals surface area contributed by atoms with Gasteiger partial charge in [-0.2, -0.15) is 5.10 Å². The van der Waals surface area contributed by atoms with E-state index in [2.05, 4.69) is 31.1 Å². The number of ether oxygens (including phenoxy) is 1. The number of anilines is 1. The topological polar surface area (TPSA) is 118 Å². The fourth-order valence-corrected chi connectivity index (χ4v) is 2.95. The molecule has 0 radical (unpaired) electrons. The highest BCUT2D eigenvalue weighted by Crippen LogP contribution is 2.23. The van der Waals surface area contributed by atoms with Gasteiger partial charge in [0.05, 0.1) is 18.0 Å². The van der Waals surface area contributed by atoms with E-state index in [4.69, 9.17) is 4.52 Å². The van der Waals surface area contributed by atoms with Crippen molar-refractivity contribution in [3.8, 4) is 5.75 Å². The smallest absolute Gasteiger partial charge is 0.406 e. The summed E-state index contributed by atoms with van der Waals surface area (Å²) in [7, 11) is 0. The summed E-state index contributed by atoms with van der Waals surface area (Å²) >= 11 is 0. The molecule has 9 nitrogen and oxygen atoms in total. The van der Waals surface area contributed by atoms with E-state index in [0.717, 1.165) is 12.1 Å². The summed E-state index contributed by atoms with van der Waals surface area (Å²) in [5, 5.41) is 12.7. The number of rotatable bonds is 7. The lowest BCUT2D eigenvalue weighted by Gasteiger charge is -2.11. The van der Waals surface area contributed by atoms with E-state index in [1.54, 1.807) is 13.8 Å². The Morgan fingerprint density at radius 1 is 1.11 bits per heavy atom. The molecule has 0 bridgehead atoms. The summed E-state index contributed by atoms with van der Waals surface area (Å²) in [6.07, 6.45) is -4.84. The van der Waals surface area contributed by atoms with Gasteiger partial charge >= 0.3 is 12.4 Å². The monoisotopic (exact) mass is 493 g/mol. The molecule has 0 saturated heterocycles. The van der Waals surface area contributed by atoms with Crippen LogP contribution in [0.1, 0.15) is 27.4 Å². The quantitative estimate of drug-likeness (QED) is 0.258. The summed E-state index contributed by atoms with van der Waals surface area (Å²) in [5.74, 6) is -1.20. The largest absolute Gasteiger partial charge is 0.573 e. The highest BCUT2D eigenvalue weighted by molar-refractivity contribution is 6.06. The number of halogens is 4. The molecule has 0 aliphatic carbocycles. The second-order valence-corrected chi connectivity index (χ2v) is 7.09. The van der Waals surface area contributed by atoms with Crippen LogP contribution < -0.4 is 20.8 Å². The summed E-state index contributed by atoms with van der Waals surface area (Å²) in [5.41, 5.74) is 3.40. The van der Waals surface area contributed by atoms with Crippen LogP contribution >= 0.6 is 0 Å². The predicted molar refractivity (Wildman–Crippen MR) is 117 cm³/mol. The van der Waals surface area contributed by atoms with Gasteiger partial charge in [0, 0.05) is 11.3 Å². The van der Waals surface area contributed by atoms with Gasteiger partial charge < -0.3 is 19.9 Å². The molecule has 3 amide bonds. The van der Waals surface area contributed by atoms with E-state index in [-0.39, 0.29) is 29.1 Å². The zero-order chi connectivity index (χ0) is 25.6. The van der Waals surface area contributed by atoms with Gasteiger partial charge in [-0.3, -0.25) is 4.79 Å². The van der Waals surface area contributed by atoms with Crippen LogP contribution in [0.3, 0.4) is 0 Å². The number of hydrazone groups is 1. The molecule has 13 heteroatoms. The molecule has 0 fully saturated rings. The molecule has 1 heterocycles. The molecule has 3 rings (SSSR count). The van der Waals surface area contributed by atoms with Crippen LogP contribution in [0.4, 0.5) is 28.0 Å². The van der Waals surface area contributed by atoms with Crippen LogP contribution in [0.25, 0.3) is 0 Å². The molecule has 184 valence electrons. The maximum absolute atomic E-state index is 13.7. The van der Waals surface area contributed by atoms with E-state index >= 15 is 0 Å². The summed E-state index contributed by atoms with van der Waals surface area (Å²) in [4.78, 5) is 24.7. The summed E-state index contributed by atoms with van der Waals surface area (Å²) < 4.78 is 59.2. The lowest BCUT2D eigenvalue weighted by Crippen LogP contribution is -2.33. The first kappa shape index (κ1) is 25.2. The number of hydrogen-bond donors (Lipinski definition) is 3. The minimum absolute atomic E-state index is 0.119. The van der Waals surface area contributed by atoms with Crippen molar-refractivity contribution in [1.82, 2.24) is 15.9 Å². The third-order valence-corrected chi connectivity index (χ3v) is 4.47. The predicted octanol–water partition coefficient (Wildman–Crippen LogP) is 4.28. The SMILES string of the molecule is Cc1noc(C)c1C(=O)NC/C(=N/NC(=O)Nc1ccc(OC(F)(F)F)cc1)c1cccc(F)c1. The van der Waals surface area contributed by atoms with Gasteiger partial charge in [-0.15, -0.1) is 13.2 Å². The Kier molecular flexibility index (Phi) is 7.69. The van der Waals surface area contributed by atoms with E-state index in [1.165, 1.54) is 36.4 Å². The van der Waals surface area contributed by atoms with Crippen LogP contribution in [-0.4, -0.2) is 35.7 Å². The molecule has 0 spiro atoms.